The van der Waals surface area contributed by atoms with Crippen LogP contribution >= 0.6 is 0 Å². The fraction of sp³-hybridized carbons (Fsp3) is 0.190. The van der Waals surface area contributed by atoms with Crippen molar-refractivity contribution in [2.24, 2.45) is 11.8 Å². The van der Waals surface area contributed by atoms with Crippen molar-refractivity contribution in [3.63, 3.8) is 0 Å². The first-order chi connectivity index (χ1) is 21.3. The molecule has 4 unspecified atom stereocenters. The van der Waals surface area contributed by atoms with E-state index in [-0.39, 0.29) is 12.2 Å². The summed E-state index contributed by atoms with van der Waals surface area (Å²) in [6.07, 6.45) is 0.329. The van der Waals surface area contributed by atoms with Crippen LogP contribution in [0.4, 0.5) is 0 Å². The minimum atomic E-state index is 0.164. The van der Waals surface area contributed by atoms with Crippen molar-refractivity contribution in [1.29, 1.82) is 0 Å². The summed E-state index contributed by atoms with van der Waals surface area (Å²) in [6.45, 7) is 0. The molecule has 6 bridgehead atoms. The quantitative estimate of drug-likeness (QED) is 0.183. The fourth-order valence-corrected chi connectivity index (χ4v) is 10.9. The molecule has 1 saturated heterocycles. The van der Waals surface area contributed by atoms with E-state index in [1.807, 2.05) is 0 Å². The van der Waals surface area contributed by atoms with Crippen LogP contribution in [-0.4, -0.2) is 0 Å². The summed E-state index contributed by atoms with van der Waals surface area (Å²) in [4.78, 5) is 0. The summed E-state index contributed by atoms with van der Waals surface area (Å²) in [5, 5.41) is 2.74. The lowest BCUT2D eigenvalue weighted by Gasteiger charge is -2.51. The van der Waals surface area contributed by atoms with Crippen molar-refractivity contribution < 1.29 is 4.74 Å². The van der Waals surface area contributed by atoms with Crippen LogP contribution < -0.4 is 0 Å². The van der Waals surface area contributed by atoms with Gasteiger partial charge in [-0.1, -0.05) is 97.1 Å². The van der Waals surface area contributed by atoms with Gasteiger partial charge in [0.25, 0.3) is 0 Å². The van der Waals surface area contributed by atoms with E-state index in [1.165, 1.54) is 77.5 Å². The molecule has 6 aliphatic carbocycles. The Morgan fingerprint density at radius 1 is 0.326 bits per heavy atom. The monoisotopic (exact) mass is 548 g/mol. The molecule has 0 spiro atoms. The maximum atomic E-state index is 7.09. The van der Waals surface area contributed by atoms with Gasteiger partial charge in [0.2, 0.25) is 0 Å². The zero-order valence-corrected chi connectivity index (χ0v) is 23.6. The Labute approximate surface area is 250 Å². The number of ether oxygens (including phenoxy) is 1. The topological polar surface area (TPSA) is 9.23 Å². The number of hydrogen-bond acceptors (Lipinski definition) is 1. The number of fused-ring (bicyclic) bond motifs is 6. The third kappa shape index (κ3) is 2.44. The highest BCUT2D eigenvalue weighted by atomic mass is 16.5. The van der Waals surface area contributed by atoms with Crippen LogP contribution in [0.15, 0.2) is 121 Å². The second-order valence-corrected chi connectivity index (χ2v) is 13.8. The molecule has 6 aromatic rings. The van der Waals surface area contributed by atoms with Gasteiger partial charge >= 0.3 is 0 Å². The lowest BCUT2D eigenvalue weighted by Crippen LogP contribution is -2.42. The van der Waals surface area contributed by atoms with Gasteiger partial charge in [-0.3, -0.25) is 0 Å². The highest BCUT2D eigenvalue weighted by molar-refractivity contribution is 5.89. The Balaban J connectivity index is 1.06. The summed E-state index contributed by atoms with van der Waals surface area (Å²) < 4.78 is 7.09. The van der Waals surface area contributed by atoms with E-state index in [0.717, 1.165) is 0 Å². The highest BCUT2D eigenvalue weighted by Crippen LogP contribution is 2.72. The number of rotatable bonds is 0. The van der Waals surface area contributed by atoms with Crippen molar-refractivity contribution in [3.05, 3.63) is 188 Å². The molecule has 8 aliphatic rings. The molecule has 2 aliphatic heterocycles. The molecular weight excluding hydrogens is 520 g/mol. The molecule has 1 nitrogen and oxygen atoms in total. The van der Waals surface area contributed by atoms with Gasteiger partial charge in [0.15, 0.2) is 0 Å². The first-order valence-corrected chi connectivity index (χ1v) is 16.0. The smallest absolute Gasteiger partial charge is 0.0878 e. The van der Waals surface area contributed by atoms with Crippen LogP contribution in [0.2, 0.25) is 0 Å². The number of hydrogen-bond donors (Lipinski definition) is 0. The predicted molar refractivity (Wildman–Crippen MR) is 169 cm³/mol. The first-order valence-electron chi connectivity index (χ1n) is 16.0. The van der Waals surface area contributed by atoms with Crippen LogP contribution in [0.1, 0.15) is 103 Å². The van der Waals surface area contributed by atoms with Crippen molar-refractivity contribution in [2.75, 3.05) is 0 Å². The molecule has 1 fully saturated rings. The molecule has 6 aromatic carbocycles. The normalized spacial score (nSPS) is 30.2. The Morgan fingerprint density at radius 2 is 0.628 bits per heavy atom. The molecule has 0 saturated carbocycles. The van der Waals surface area contributed by atoms with Crippen LogP contribution in [0, 0.1) is 11.8 Å². The molecule has 14 rings (SSSR count). The van der Waals surface area contributed by atoms with Crippen molar-refractivity contribution in [3.8, 4) is 0 Å². The van der Waals surface area contributed by atoms with E-state index in [1.54, 1.807) is 0 Å². The Morgan fingerprint density at radius 3 is 0.977 bits per heavy atom. The van der Waals surface area contributed by atoms with E-state index < -0.39 is 0 Å². The van der Waals surface area contributed by atoms with Gasteiger partial charge in [0.05, 0.1) is 12.2 Å². The van der Waals surface area contributed by atoms with E-state index in [2.05, 4.69) is 121 Å². The first kappa shape index (κ1) is 22.1. The molecule has 0 aromatic heterocycles. The molecule has 43 heavy (non-hydrogen) atoms. The largest absolute Gasteiger partial charge is 0.365 e. The van der Waals surface area contributed by atoms with Gasteiger partial charge in [-0.25, -0.2) is 0 Å². The number of benzene rings is 6. The second-order valence-electron chi connectivity index (χ2n) is 13.8. The summed E-state index contributed by atoms with van der Waals surface area (Å²) in [5.74, 6) is 2.43. The maximum absolute atomic E-state index is 7.09. The third-order valence-corrected chi connectivity index (χ3v) is 12.3. The molecule has 2 heterocycles. The van der Waals surface area contributed by atoms with Crippen molar-refractivity contribution in [1.82, 2.24) is 0 Å². The van der Waals surface area contributed by atoms with Crippen LogP contribution in [0.3, 0.4) is 0 Å². The minimum absolute atomic E-state index is 0.164. The Bertz CT molecular complexity index is 1990. The lowest BCUT2D eigenvalue weighted by molar-refractivity contribution is 0.0533. The maximum Gasteiger partial charge on any atom is 0.0878 e. The van der Waals surface area contributed by atoms with Gasteiger partial charge < -0.3 is 4.74 Å². The van der Waals surface area contributed by atoms with E-state index in [9.17, 15) is 0 Å². The molecule has 4 atom stereocenters. The minimum Gasteiger partial charge on any atom is -0.365 e. The molecular formula is C42H28O. The van der Waals surface area contributed by atoms with Gasteiger partial charge in [-0.15, -0.1) is 0 Å². The van der Waals surface area contributed by atoms with Crippen LogP contribution in [-0.2, 0) is 4.74 Å². The molecule has 1 heteroatoms. The fourth-order valence-electron chi connectivity index (χ4n) is 10.9. The van der Waals surface area contributed by atoms with Gasteiger partial charge in [0.1, 0.15) is 0 Å². The van der Waals surface area contributed by atoms with E-state index >= 15 is 0 Å². The molecule has 0 amide bonds. The summed E-state index contributed by atoms with van der Waals surface area (Å²) in [6, 6.07) is 46.9. The molecule has 0 radical (unpaired) electrons. The second kappa shape index (κ2) is 7.36. The average molecular weight is 549 g/mol. The molecule has 202 valence electrons. The SMILES string of the molecule is c1ccc2c(c1)C1c3ccccc3C2c2cc3cc4c(cc3cc21)C1OC4C2C3c4ccccc4C(c4ccccc43)C12. The Hall–Kier alpha value is -4.46. The zero-order valence-electron chi connectivity index (χ0n) is 23.6. The third-order valence-electron chi connectivity index (χ3n) is 12.3. The standard InChI is InChI=1S/C42H28O/c1-2-10-24-23(9-1)35-25-11-3-4-12-26(25)36(24)32-18-22-20-34-33(19-21(22)17-31(32)35)41-39-37-27-13-5-7-15-29(27)38(40(39)42(34)43-41)30-16-8-6-14-28(30)37/h1-20,35-42H. The van der Waals surface area contributed by atoms with E-state index in [4.69, 9.17) is 4.74 Å². The Kier molecular flexibility index (Phi) is 3.79. The lowest BCUT2D eigenvalue weighted by atomic mass is 9.50. The molecule has 0 N–H and O–H groups in total. The zero-order chi connectivity index (χ0) is 27.6. The summed E-state index contributed by atoms with van der Waals surface area (Å²) in [7, 11) is 0. The summed E-state index contributed by atoms with van der Waals surface area (Å²) >= 11 is 0. The van der Waals surface area contributed by atoms with Crippen LogP contribution in [0.25, 0.3) is 10.8 Å². The van der Waals surface area contributed by atoms with Crippen molar-refractivity contribution >= 4 is 10.8 Å². The van der Waals surface area contributed by atoms with Gasteiger partial charge in [-0.05, 0) is 102 Å². The summed E-state index contributed by atoms with van der Waals surface area (Å²) in [5.41, 5.74) is 18.0. The average Bonchev–Trinajstić information content (AvgIpc) is 3.64. The van der Waals surface area contributed by atoms with E-state index in [0.29, 0.717) is 35.5 Å². The van der Waals surface area contributed by atoms with Gasteiger partial charge in [0, 0.05) is 35.5 Å². The van der Waals surface area contributed by atoms with Crippen molar-refractivity contribution in [2.45, 2.75) is 35.9 Å². The highest BCUT2D eigenvalue weighted by Gasteiger charge is 2.63. The predicted octanol–water partition coefficient (Wildman–Crippen LogP) is 9.48. The van der Waals surface area contributed by atoms with Crippen LogP contribution in [0.5, 0.6) is 0 Å². The van der Waals surface area contributed by atoms with Gasteiger partial charge in [-0.2, -0.15) is 0 Å².